The summed E-state index contributed by atoms with van der Waals surface area (Å²) in [4.78, 5) is 9.27. The topological polar surface area (TPSA) is 28.6 Å². The number of methoxy groups -OCH3 is 1. The van der Waals surface area contributed by atoms with E-state index in [-0.39, 0.29) is 0 Å². The first-order valence-corrected chi connectivity index (χ1v) is 8.77. The van der Waals surface area contributed by atoms with Crippen LogP contribution in [0.3, 0.4) is 0 Å². The van der Waals surface area contributed by atoms with E-state index in [0.29, 0.717) is 0 Å². The van der Waals surface area contributed by atoms with Crippen molar-refractivity contribution in [1.29, 1.82) is 0 Å². The van der Waals surface area contributed by atoms with Crippen LogP contribution in [-0.4, -0.2) is 43.2 Å². The molecule has 1 fully saturated rings. The Morgan fingerprint density at radius 2 is 1.76 bits per heavy atom. The molecule has 1 saturated heterocycles. The maximum Gasteiger partial charge on any atom is 0.142 e. The molecule has 0 spiro atoms. The molecule has 0 N–H and O–H groups in total. The van der Waals surface area contributed by atoms with Crippen LogP contribution in [0.2, 0.25) is 0 Å². The molecule has 0 amide bonds. The largest absolute Gasteiger partial charge is 0.495 e. The third kappa shape index (κ3) is 3.30. The summed E-state index contributed by atoms with van der Waals surface area (Å²) in [7, 11) is 1.74. The minimum absolute atomic E-state index is 0.928. The van der Waals surface area contributed by atoms with Crippen molar-refractivity contribution in [3.63, 3.8) is 0 Å². The SMILES string of the molecule is COc1ccc2ccncc2c1N1CCN(Cc2ccccc2)CC1. The first-order chi connectivity index (χ1) is 12.3. The molecule has 0 radical (unpaired) electrons. The molecule has 25 heavy (non-hydrogen) atoms. The number of hydrogen-bond donors (Lipinski definition) is 0. The fourth-order valence-corrected chi connectivity index (χ4v) is 3.59. The normalized spacial score (nSPS) is 15.5. The highest BCUT2D eigenvalue weighted by Crippen LogP contribution is 2.36. The van der Waals surface area contributed by atoms with Gasteiger partial charge in [0.1, 0.15) is 5.75 Å². The number of rotatable bonds is 4. The van der Waals surface area contributed by atoms with Gasteiger partial charge in [-0.2, -0.15) is 0 Å². The molecule has 1 aliphatic heterocycles. The maximum atomic E-state index is 5.65. The van der Waals surface area contributed by atoms with E-state index in [1.54, 1.807) is 7.11 Å². The summed E-state index contributed by atoms with van der Waals surface area (Å²) in [5.41, 5.74) is 2.55. The van der Waals surface area contributed by atoms with Crippen molar-refractivity contribution >= 4 is 16.5 Å². The standard InChI is InChI=1S/C21H23N3O/c1-25-20-8-7-18-9-10-22-15-19(18)21(20)24-13-11-23(12-14-24)16-17-5-3-2-4-6-17/h2-10,15H,11-14,16H2,1H3. The van der Waals surface area contributed by atoms with Crippen molar-refractivity contribution in [1.82, 2.24) is 9.88 Å². The molecule has 0 unspecified atom stereocenters. The van der Waals surface area contributed by atoms with Gasteiger partial charge in [0.2, 0.25) is 0 Å². The van der Waals surface area contributed by atoms with Crippen LogP contribution >= 0.6 is 0 Å². The quantitative estimate of drug-likeness (QED) is 0.730. The Morgan fingerprint density at radius 3 is 2.52 bits per heavy atom. The van der Waals surface area contributed by atoms with E-state index in [1.165, 1.54) is 22.0 Å². The van der Waals surface area contributed by atoms with Crippen molar-refractivity contribution < 1.29 is 4.74 Å². The van der Waals surface area contributed by atoms with Gasteiger partial charge in [0.25, 0.3) is 0 Å². The smallest absolute Gasteiger partial charge is 0.142 e. The van der Waals surface area contributed by atoms with Crippen molar-refractivity contribution in [3.8, 4) is 5.75 Å². The molecular weight excluding hydrogens is 310 g/mol. The lowest BCUT2D eigenvalue weighted by Gasteiger charge is -2.37. The van der Waals surface area contributed by atoms with Gasteiger partial charge in [-0.1, -0.05) is 36.4 Å². The third-order valence-corrected chi connectivity index (χ3v) is 4.92. The zero-order chi connectivity index (χ0) is 17.1. The van der Waals surface area contributed by atoms with E-state index in [0.717, 1.165) is 38.5 Å². The van der Waals surface area contributed by atoms with E-state index < -0.39 is 0 Å². The summed E-state index contributed by atoms with van der Waals surface area (Å²) in [5.74, 6) is 0.928. The molecule has 4 nitrogen and oxygen atoms in total. The number of fused-ring (bicyclic) bond motifs is 1. The monoisotopic (exact) mass is 333 g/mol. The van der Waals surface area contributed by atoms with Gasteiger partial charge in [0, 0.05) is 50.5 Å². The minimum atomic E-state index is 0.928. The Kier molecular flexibility index (Phi) is 4.53. The van der Waals surface area contributed by atoms with E-state index >= 15 is 0 Å². The minimum Gasteiger partial charge on any atom is -0.495 e. The van der Waals surface area contributed by atoms with Gasteiger partial charge < -0.3 is 9.64 Å². The van der Waals surface area contributed by atoms with Crippen LogP contribution in [-0.2, 0) is 6.54 Å². The van der Waals surface area contributed by atoms with Gasteiger partial charge in [-0.25, -0.2) is 0 Å². The molecule has 2 heterocycles. The average molecular weight is 333 g/mol. The second kappa shape index (κ2) is 7.11. The van der Waals surface area contributed by atoms with Crippen LogP contribution in [0.4, 0.5) is 5.69 Å². The Labute approximate surface area is 148 Å². The second-order valence-corrected chi connectivity index (χ2v) is 6.46. The number of benzene rings is 2. The van der Waals surface area contributed by atoms with Gasteiger partial charge in [-0.3, -0.25) is 9.88 Å². The lowest BCUT2D eigenvalue weighted by Crippen LogP contribution is -2.46. The lowest BCUT2D eigenvalue weighted by molar-refractivity contribution is 0.249. The van der Waals surface area contributed by atoms with Crippen molar-refractivity contribution in [2.24, 2.45) is 0 Å². The van der Waals surface area contributed by atoms with Crippen LogP contribution in [0.1, 0.15) is 5.56 Å². The number of pyridine rings is 1. The van der Waals surface area contributed by atoms with Crippen LogP contribution in [0.15, 0.2) is 60.9 Å². The molecule has 0 saturated carbocycles. The summed E-state index contributed by atoms with van der Waals surface area (Å²) in [5, 5.41) is 2.37. The van der Waals surface area contributed by atoms with E-state index in [1.807, 2.05) is 12.4 Å². The molecule has 0 bridgehead atoms. The molecule has 2 aromatic carbocycles. The fraction of sp³-hybridized carbons (Fsp3) is 0.286. The zero-order valence-electron chi connectivity index (χ0n) is 14.6. The number of hydrogen-bond acceptors (Lipinski definition) is 4. The summed E-state index contributed by atoms with van der Waals surface area (Å²) >= 11 is 0. The Balaban J connectivity index is 1.53. The Morgan fingerprint density at radius 1 is 0.960 bits per heavy atom. The number of ether oxygens (including phenoxy) is 1. The number of nitrogens with zero attached hydrogens (tertiary/aromatic N) is 3. The van der Waals surface area contributed by atoms with E-state index in [9.17, 15) is 0 Å². The zero-order valence-corrected chi connectivity index (χ0v) is 14.6. The highest BCUT2D eigenvalue weighted by Gasteiger charge is 2.21. The van der Waals surface area contributed by atoms with Gasteiger partial charge in [-0.15, -0.1) is 0 Å². The van der Waals surface area contributed by atoms with Crippen molar-refractivity contribution in [3.05, 3.63) is 66.5 Å². The molecule has 4 heteroatoms. The van der Waals surface area contributed by atoms with Crippen LogP contribution in [0.25, 0.3) is 10.8 Å². The number of piperazine rings is 1. The summed E-state index contributed by atoms with van der Waals surface area (Å²) in [6.45, 7) is 5.11. The highest BCUT2D eigenvalue weighted by atomic mass is 16.5. The molecule has 3 aromatic rings. The molecule has 1 aliphatic rings. The molecule has 4 rings (SSSR count). The Bertz CT molecular complexity index is 842. The first-order valence-electron chi connectivity index (χ1n) is 8.77. The molecule has 0 aliphatic carbocycles. The van der Waals surface area contributed by atoms with Gasteiger partial charge in [0.15, 0.2) is 0 Å². The number of aromatic nitrogens is 1. The summed E-state index contributed by atoms with van der Waals surface area (Å²) in [6.07, 6.45) is 3.79. The van der Waals surface area contributed by atoms with Gasteiger partial charge >= 0.3 is 0 Å². The molecule has 128 valence electrons. The van der Waals surface area contributed by atoms with Crippen LogP contribution in [0, 0.1) is 0 Å². The lowest BCUT2D eigenvalue weighted by atomic mass is 10.1. The average Bonchev–Trinajstić information content (AvgIpc) is 2.68. The maximum absolute atomic E-state index is 5.65. The fourth-order valence-electron chi connectivity index (χ4n) is 3.59. The predicted molar refractivity (Wildman–Crippen MR) is 102 cm³/mol. The van der Waals surface area contributed by atoms with E-state index in [4.69, 9.17) is 4.74 Å². The number of anilines is 1. The predicted octanol–water partition coefficient (Wildman–Crippen LogP) is 3.57. The van der Waals surface area contributed by atoms with Crippen LogP contribution in [0.5, 0.6) is 5.75 Å². The van der Waals surface area contributed by atoms with E-state index in [2.05, 4.69) is 63.3 Å². The summed E-state index contributed by atoms with van der Waals surface area (Å²) in [6, 6.07) is 16.9. The van der Waals surface area contributed by atoms with Gasteiger partial charge in [-0.05, 0) is 23.1 Å². The van der Waals surface area contributed by atoms with Crippen LogP contribution < -0.4 is 9.64 Å². The molecule has 0 atom stereocenters. The molecular formula is C21H23N3O. The highest BCUT2D eigenvalue weighted by molar-refractivity contribution is 5.96. The van der Waals surface area contributed by atoms with Crippen molar-refractivity contribution in [2.45, 2.75) is 6.54 Å². The third-order valence-electron chi connectivity index (χ3n) is 4.92. The van der Waals surface area contributed by atoms with Gasteiger partial charge in [0.05, 0.1) is 12.8 Å². The first kappa shape index (κ1) is 15.9. The second-order valence-electron chi connectivity index (χ2n) is 6.46. The Hall–Kier alpha value is -2.59. The van der Waals surface area contributed by atoms with Crippen molar-refractivity contribution in [2.75, 3.05) is 38.2 Å². The molecule has 1 aromatic heterocycles. The summed E-state index contributed by atoms with van der Waals surface area (Å²) < 4.78 is 5.65.